The predicted molar refractivity (Wildman–Crippen MR) is 119 cm³/mol. The number of methoxy groups -OCH3 is 1. The van der Waals surface area contributed by atoms with Crippen molar-refractivity contribution in [3.63, 3.8) is 0 Å². The maximum atomic E-state index is 13.4. The molecule has 4 rings (SSSR count). The van der Waals surface area contributed by atoms with E-state index in [2.05, 4.69) is 4.99 Å². The number of aromatic nitrogens is 1. The number of halogens is 2. The molecule has 1 unspecified atom stereocenters. The van der Waals surface area contributed by atoms with Gasteiger partial charge < -0.3 is 4.74 Å². The largest absolute Gasteiger partial charge is 0.466 e. The number of thiazole rings is 1. The molecule has 0 saturated heterocycles. The molecule has 0 fully saturated rings. The number of ether oxygens (including phenoxy) is 1. The van der Waals surface area contributed by atoms with E-state index in [1.54, 1.807) is 43.3 Å². The summed E-state index contributed by atoms with van der Waals surface area (Å²) in [5.41, 5.74) is 2.03. The summed E-state index contributed by atoms with van der Waals surface area (Å²) in [5.74, 6) is -0.531. The van der Waals surface area contributed by atoms with Crippen LogP contribution in [0.2, 0.25) is 10.0 Å². The van der Waals surface area contributed by atoms with Crippen molar-refractivity contribution in [3.8, 4) is 0 Å². The summed E-state index contributed by atoms with van der Waals surface area (Å²) in [6.45, 7) is 1.74. The van der Waals surface area contributed by atoms with Crippen molar-refractivity contribution < 1.29 is 9.53 Å². The van der Waals surface area contributed by atoms with Crippen LogP contribution in [-0.2, 0) is 9.53 Å². The number of benzene rings is 2. The Morgan fingerprint density at radius 3 is 2.53 bits per heavy atom. The lowest BCUT2D eigenvalue weighted by atomic mass is 9.96. The summed E-state index contributed by atoms with van der Waals surface area (Å²) in [5, 5.41) is 1.11. The highest BCUT2D eigenvalue weighted by Crippen LogP contribution is 2.31. The van der Waals surface area contributed by atoms with Gasteiger partial charge >= 0.3 is 5.97 Å². The molecule has 0 aliphatic carbocycles. The van der Waals surface area contributed by atoms with Crippen LogP contribution in [0.15, 0.2) is 69.6 Å². The first-order chi connectivity index (χ1) is 14.4. The second kappa shape index (κ2) is 8.22. The van der Waals surface area contributed by atoms with E-state index in [0.29, 0.717) is 30.6 Å². The topological polar surface area (TPSA) is 60.7 Å². The first kappa shape index (κ1) is 20.6. The Bertz CT molecular complexity index is 1350. The first-order valence-corrected chi connectivity index (χ1v) is 10.6. The van der Waals surface area contributed by atoms with E-state index in [-0.39, 0.29) is 5.56 Å². The Morgan fingerprint density at radius 1 is 1.17 bits per heavy atom. The van der Waals surface area contributed by atoms with Gasteiger partial charge in [-0.25, -0.2) is 9.79 Å². The third-order valence-corrected chi connectivity index (χ3v) is 6.38. The zero-order valence-electron chi connectivity index (χ0n) is 16.1. The minimum atomic E-state index is -0.667. The Balaban J connectivity index is 1.99. The summed E-state index contributed by atoms with van der Waals surface area (Å²) in [6.07, 6.45) is 1.74. The standard InChI is InChI=1S/C22H16Cl2N2O3S/c1-12-18(21(28)29-2)19(13-7-9-15(23)10-8-13)26-20(27)17(30-22(26)25-12)11-14-5-3-4-6-16(14)24/h3-11,19H,1-2H3/b17-11-. The molecule has 3 aromatic rings. The van der Waals surface area contributed by atoms with Crippen molar-refractivity contribution in [1.29, 1.82) is 0 Å². The van der Waals surface area contributed by atoms with E-state index >= 15 is 0 Å². The Kier molecular flexibility index (Phi) is 5.64. The lowest BCUT2D eigenvalue weighted by Crippen LogP contribution is -2.39. The quantitative estimate of drug-likeness (QED) is 0.561. The average Bonchev–Trinajstić information content (AvgIpc) is 3.03. The summed E-state index contributed by atoms with van der Waals surface area (Å²) in [4.78, 5) is 31.0. The van der Waals surface area contributed by atoms with Gasteiger partial charge in [-0.15, -0.1) is 0 Å². The zero-order valence-corrected chi connectivity index (χ0v) is 18.4. The van der Waals surface area contributed by atoms with Gasteiger partial charge in [-0.3, -0.25) is 9.36 Å². The van der Waals surface area contributed by atoms with Crippen LogP contribution < -0.4 is 14.9 Å². The van der Waals surface area contributed by atoms with Crippen LogP contribution in [0.3, 0.4) is 0 Å². The van der Waals surface area contributed by atoms with Gasteiger partial charge in [-0.05, 0) is 42.3 Å². The molecule has 1 aliphatic rings. The molecule has 8 heteroatoms. The molecule has 30 heavy (non-hydrogen) atoms. The maximum absolute atomic E-state index is 13.4. The van der Waals surface area contributed by atoms with E-state index in [1.165, 1.54) is 23.0 Å². The van der Waals surface area contributed by atoms with Crippen LogP contribution in [-0.4, -0.2) is 17.6 Å². The molecule has 1 aliphatic heterocycles. The maximum Gasteiger partial charge on any atom is 0.338 e. The van der Waals surface area contributed by atoms with Crippen LogP contribution >= 0.6 is 34.5 Å². The third-order valence-electron chi connectivity index (χ3n) is 4.80. The third kappa shape index (κ3) is 3.62. The minimum Gasteiger partial charge on any atom is -0.466 e. The highest BCUT2D eigenvalue weighted by molar-refractivity contribution is 7.07. The number of rotatable bonds is 3. The second-order valence-electron chi connectivity index (χ2n) is 6.65. The average molecular weight is 459 g/mol. The number of allylic oxidation sites excluding steroid dienone is 1. The molecule has 1 atom stereocenters. The molecule has 0 saturated carbocycles. The van der Waals surface area contributed by atoms with Crippen LogP contribution in [0.5, 0.6) is 0 Å². The van der Waals surface area contributed by atoms with E-state index in [1.807, 2.05) is 18.2 Å². The summed E-state index contributed by atoms with van der Waals surface area (Å²) >= 11 is 13.5. The van der Waals surface area contributed by atoms with Crippen LogP contribution in [0.1, 0.15) is 24.1 Å². The molecule has 0 N–H and O–H groups in total. The van der Waals surface area contributed by atoms with E-state index in [4.69, 9.17) is 27.9 Å². The summed E-state index contributed by atoms with van der Waals surface area (Å²) in [7, 11) is 1.31. The van der Waals surface area contributed by atoms with Gasteiger partial charge in [-0.2, -0.15) is 0 Å². The number of hydrogen-bond donors (Lipinski definition) is 0. The van der Waals surface area contributed by atoms with Gasteiger partial charge in [-0.1, -0.05) is 64.9 Å². The van der Waals surface area contributed by atoms with E-state index < -0.39 is 12.0 Å². The highest BCUT2D eigenvalue weighted by atomic mass is 35.5. The van der Waals surface area contributed by atoms with Gasteiger partial charge in [0.05, 0.1) is 29.0 Å². The summed E-state index contributed by atoms with van der Waals surface area (Å²) in [6, 6.07) is 13.6. The van der Waals surface area contributed by atoms with Crippen LogP contribution in [0.4, 0.5) is 0 Å². The molecular formula is C22H16Cl2N2O3S. The Hall–Kier alpha value is -2.67. The fourth-order valence-corrected chi connectivity index (χ4v) is 4.74. The Morgan fingerprint density at radius 2 is 1.87 bits per heavy atom. The van der Waals surface area contributed by atoms with Crippen molar-refractivity contribution in [3.05, 3.63) is 101 Å². The van der Waals surface area contributed by atoms with Crippen molar-refractivity contribution >= 4 is 46.6 Å². The molecule has 5 nitrogen and oxygen atoms in total. The molecular weight excluding hydrogens is 443 g/mol. The number of nitrogens with zero attached hydrogens (tertiary/aromatic N) is 2. The number of carbonyl (C=O) groups excluding carboxylic acids is 1. The van der Waals surface area contributed by atoms with Crippen LogP contribution in [0.25, 0.3) is 6.08 Å². The Labute approximate surface area is 186 Å². The molecule has 0 bridgehead atoms. The normalized spacial score (nSPS) is 16.3. The minimum absolute atomic E-state index is 0.257. The molecule has 1 aromatic heterocycles. The van der Waals surface area contributed by atoms with Gasteiger partial charge in [0.25, 0.3) is 5.56 Å². The van der Waals surface area contributed by atoms with Crippen LogP contribution in [0, 0.1) is 0 Å². The lowest BCUT2D eigenvalue weighted by Gasteiger charge is -2.24. The van der Waals surface area contributed by atoms with Gasteiger partial charge in [0.1, 0.15) is 0 Å². The molecule has 0 spiro atoms. The lowest BCUT2D eigenvalue weighted by molar-refractivity contribution is -0.136. The number of fused-ring (bicyclic) bond motifs is 1. The molecule has 152 valence electrons. The van der Waals surface area contributed by atoms with Gasteiger partial charge in [0.2, 0.25) is 0 Å². The number of esters is 1. The fraction of sp³-hybridized carbons (Fsp3) is 0.136. The van der Waals surface area contributed by atoms with E-state index in [9.17, 15) is 9.59 Å². The SMILES string of the molecule is COC(=O)C1=C(C)N=c2s/c(=C\c3ccccc3Cl)c(=O)n2C1c1ccc(Cl)cc1. The molecule has 0 radical (unpaired) electrons. The number of hydrogen-bond acceptors (Lipinski definition) is 5. The monoisotopic (exact) mass is 458 g/mol. The van der Waals surface area contributed by atoms with Gasteiger partial charge in [0, 0.05) is 10.0 Å². The van der Waals surface area contributed by atoms with E-state index in [0.717, 1.165) is 11.1 Å². The van der Waals surface area contributed by atoms with Crippen molar-refractivity contribution in [2.45, 2.75) is 13.0 Å². The highest BCUT2D eigenvalue weighted by Gasteiger charge is 2.33. The summed E-state index contributed by atoms with van der Waals surface area (Å²) < 4.78 is 6.98. The fourth-order valence-electron chi connectivity index (χ4n) is 3.39. The van der Waals surface area contributed by atoms with Crippen molar-refractivity contribution in [2.24, 2.45) is 4.99 Å². The number of carbonyl (C=O) groups is 1. The second-order valence-corrected chi connectivity index (χ2v) is 8.50. The molecule has 0 amide bonds. The smallest absolute Gasteiger partial charge is 0.338 e. The van der Waals surface area contributed by atoms with Crippen molar-refractivity contribution in [2.75, 3.05) is 7.11 Å². The van der Waals surface area contributed by atoms with Crippen molar-refractivity contribution in [1.82, 2.24) is 4.57 Å². The molecule has 2 aromatic carbocycles. The predicted octanol–water partition coefficient (Wildman–Crippen LogP) is 3.72. The van der Waals surface area contributed by atoms with Gasteiger partial charge in [0.15, 0.2) is 4.80 Å². The first-order valence-electron chi connectivity index (χ1n) is 9.01. The molecule has 2 heterocycles. The zero-order chi connectivity index (χ0) is 21.4.